The van der Waals surface area contributed by atoms with E-state index in [1.807, 2.05) is 13.0 Å². The van der Waals surface area contributed by atoms with Gasteiger partial charge in [0.05, 0.1) is 5.69 Å². The van der Waals surface area contributed by atoms with Crippen molar-refractivity contribution in [1.29, 1.82) is 0 Å². The molecule has 0 aliphatic heterocycles. The molecular formula is C17H29N3. The molecule has 2 N–H and O–H groups in total. The fourth-order valence-electron chi connectivity index (χ4n) is 3.67. The summed E-state index contributed by atoms with van der Waals surface area (Å²) < 4.78 is 0. The van der Waals surface area contributed by atoms with Crippen molar-refractivity contribution in [3.05, 3.63) is 29.6 Å². The van der Waals surface area contributed by atoms with Crippen LogP contribution in [0, 0.1) is 24.7 Å². The van der Waals surface area contributed by atoms with Gasteiger partial charge in [-0.3, -0.25) is 4.98 Å². The molecule has 1 aliphatic rings. The van der Waals surface area contributed by atoms with Crippen LogP contribution in [0.25, 0.3) is 0 Å². The number of aryl methyl sites for hydroxylation is 1. The molecule has 4 atom stereocenters. The van der Waals surface area contributed by atoms with Gasteiger partial charge in [-0.1, -0.05) is 19.9 Å². The third-order valence-corrected chi connectivity index (χ3v) is 4.63. The summed E-state index contributed by atoms with van der Waals surface area (Å²) in [7, 11) is 2.18. The molecule has 0 amide bonds. The van der Waals surface area contributed by atoms with Crippen molar-refractivity contribution in [2.75, 3.05) is 13.6 Å². The summed E-state index contributed by atoms with van der Waals surface area (Å²) in [5, 5.41) is 0. The Labute approximate surface area is 123 Å². The van der Waals surface area contributed by atoms with Crippen molar-refractivity contribution in [2.24, 2.45) is 23.5 Å². The molecule has 20 heavy (non-hydrogen) atoms. The van der Waals surface area contributed by atoms with Gasteiger partial charge < -0.3 is 10.6 Å². The number of hydrogen-bond donors (Lipinski definition) is 1. The quantitative estimate of drug-likeness (QED) is 0.919. The molecule has 1 aliphatic carbocycles. The first-order valence-corrected chi connectivity index (χ1v) is 7.82. The van der Waals surface area contributed by atoms with Gasteiger partial charge in [0.2, 0.25) is 0 Å². The molecule has 4 unspecified atom stereocenters. The van der Waals surface area contributed by atoms with Crippen molar-refractivity contribution in [2.45, 2.75) is 46.2 Å². The molecule has 112 valence electrons. The maximum Gasteiger partial charge on any atom is 0.0547 e. The van der Waals surface area contributed by atoms with E-state index in [4.69, 9.17) is 5.73 Å². The minimum absolute atomic E-state index is 0.349. The second-order valence-electron chi connectivity index (χ2n) is 6.85. The first-order valence-electron chi connectivity index (χ1n) is 7.82. The van der Waals surface area contributed by atoms with E-state index in [9.17, 15) is 0 Å². The largest absolute Gasteiger partial charge is 0.327 e. The molecular weight excluding hydrogens is 246 g/mol. The van der Waals surface area contributed by atoms with Crippen LogP contribution in [0.3, 0.4) is 0 Å². The lowest BCUT2D eigenvalue weighted by atomic mass is 9.72. The Kier molecular flexibility index (Phi) is 5.17. The number of nitrogens with zero attached hydrogens (tertiary/aromatic N) is 2. The highest BCUT2D eigenvalue weighted by atomic mass is 15.1. The summed E-state index contributed by atoms with van der Waals surface area (Å²) in [5.41, 5.74) is 8.62. The summed E-state index contributed by atoms with van der Waals surface area (Å²) in [6, 6.07) is 6.59. The normalized spacial score (nSPS) is 30.7. The zero-order chi connectivity index (χ0) is 14.7. The lowest BCUT2D eigenvalue weighted by molar-refractivity contribution is 0.127. The van der Waals surface area contributed by atoms with E-state index >= 15 is 0 Å². The van der Waals surface area contributed by atoms with Gasteiger partial charge in [0.15, 0.2) is 0 Å². The maximum atomic E-state index is 6.38. The number of aromatic nitrogens is 1. The lowest BCUT2D eigenvalue weighted by Crippen LogP contribution is -2.45. The maximum absolute atomic E-state index is 6.38. The molecule has 0 aromatic carbocycles. The highest BCUT2D eigenvalue weighted by molar-refractivity contribution is 5.09. The average Bonchev–Trinajstić information content (AvgIpc) is 2.33. The summed E-state index contributed by atoms with van der Waals surface area (Å²) in [6.45, 7) is 8.72. The molecule has 2 rings (SSSR count). The average molecular weight is 275 g/mol. The van der Waals surface area contributed by atoms with Gasteiger partial charge in [-0.2, -0.15) is 0 Å². The van der Waals surface area contributed by atoms with Crippen molar-refractivity contribution >= 4 is 0 Å². The molecule has 1 fully saturated rings. The standard InChI is InChI=1S/C17H29N3/c1-12-8-13(2)16(17(18)9-12)11-20(4)10-15-7-5-6-14(3)19-15/h5-7,12-13,16-17H,8-11,18H2,1-4H3. The molecule has 1 aromatic rings. The molecule has 1 heterocycles. The minimum atomic E-state index is 0.349. The van der Waals surface area contributed by atoms with Crippen LogP contribution in [-0.2, 0) is 6.54 Å². The molecule has 0 radical (unpaired) electrons. The van der Waals surface area contributed by atoms with Gasteiger partial charge in [-0.15, -0.1) is 0 Å². The Morgan fingerprint density at radius 1 is 1.30 bits per heavy atom. The lowest BCUT2D eigenvalue weighted by Gasteiger charge is -2.39. The van der Waals surface area contributed by atoms with Crippen LogP contribution >= 0.6 is 0 Å². The predicted octanol–water partition coefficient (Wildman–Crippen LogP) is 2.83. The highest BCUT2D eigenvalue weighted by Crippen LogP contribution is 2.33. The Morgan fingerprint density at radius 2 is 2.05 bits per heavy atom. The third-order valence-electron chi connectivity index (χ3n) is 4.63. The zero-order valence-electron chi connectivity index (χ0n) is 13.3. The molecule has 3 heteroatoms. The van der Waals surface area contributed by atoms with Crippen molar-refractivity contribution in [3.8, 4) is 0 Å². The van der Waals surface area contributed by atoms with Crippen molar-refractivity contribution < 1.29 is 0 Å². The Bertz CT molecular complexity index is 420. The van der Waals surface area contributed by atoms with Gasteiger partial charge in [0.25, 0.3) is 0 Å². The van der Waals surface area contributed by atoms with Crippen LogP contribution < -0.4 is 5.73 Å². The summed E-state index contributed by atoms with van der Waals surface area (Å²) in [6.07, 6.45) is 2.49. The minimum Gasteiger partial charge on any atom is -0.327 e. The van der Waals surface area contributed by atoms with E-state index in [1.165, 1.54) is 12.8 Å². The summed E-state index contributed by atoms with van der Waals surface area (Å²) in [5.74, 6) is 2.11. The van der Waals surface area contributed by atoms with Crippen LogP contribution in [-0.4, -0.2) is 29.5 Å². The third kappa shape index (κ3) is 4.03. The van der Waals surface area contributed by atoms with Crippen LogP contribution in [0.15, 0.2) is 18.2 Å². The number of nitrogens with two attached hydrogens (primary N) is 1. The first kappa shape index (κ1) is 15.5. The second-order valence-corrected chi connectivity index (χ2v) is 6.85. The van der Waals surface area contributed by atoms with Crippen LogP contribution in [0.4, 0.5) is 0 Å². The van der Waals surface area contributed by atoms with E-state index in [1.54, 1.807) is 0 Å². The number of pyridine rings is 1. The van der Waals surface area contributed by atoms with Crippen LogP contribution in [0.5, 0.6) is 0 Å². The van der Waals surface area contributed by atoms with Crippen LogP contribution in [0.2, 0.25) is 0 Å². The van der Waals surface area contributed by atoms with E-state index in [-0.39, 0.29) is 0 Å². The van der Waals surface area contributed by atoms with E-state index in [0.717, 1.165) is 36.3 Å². The van der Waals surface area contributed by atoms with Crippen molar-refractivity contribution in [1.82, 2.24) is 9.88 Å². The Morgan fingerprint density at radius 3 is 2.70 bits per heavy atom. The summed E-state index contributed by atoms with van der Waals surface area (Å²) >= 11 is 0. The monoisotopic (exact) mass is 275 g/mol. The fraction of sp³-hybridized carbons (Fsp3) is 0.706. The SMILES string of the molecule is Cc1cccc(CN(C)CC2C(C)CC(C)CC2N)n1. The molecule has 1 aromatic heterocycles. The van der Waals surface area contributed by atoms with Crippen molar-refractivity contribution in [3.63, 3.8) is 0 Å². The van der Waals surface area contributed by atoms with Gasteiger partial charge in [0.1, 0.15) is 0 Å². The van der Waals surface area contributed by atoms with E-state index in [0.29, 0.717) is 12.0 Å². The van der Waals surface area contributed by atoms with Gasteiger partial charge in [-0.05, 0) is 56.7 Å². The topological polar surface area (TPSA) is 42.1 Å². The van der Waals surface area contributed by atoms with Gasteiger partial charge >= 0.3 is 0 Å². The number of rotatable bonds is 4. The molecule has 0 bridgehead atoms. The second kappa shape index (κ2) is 6.68. The molecule has 1 saturated carbocycles. The first-order chi connectivity index (χ1) is 9.45. The predicted molar refractivity (Wildman–Crippen MR) is 84.3 cm³/mol. The molecule has 0 saturated heterocycles. The van der Waals surface area contributed by atoms with E-state index in [2.05, 4.69) is 42.9 Å². The van der Waals surface area contributed by atoms with Gasteiger partial charge in [0, 0.05) is 24.8 Å². The number of hydrogen-bond acceptors (Lipinski definition) is 3. The van der Waals surface area contributed by atoms with E-state index < -0.39 is 0 Å². The molecule has 0 spiro atoms. The summed E-state index contributed by atoms with van der Waals surface area (Å²) in [4.78, 5) is 6.96. The Balaban J connectivity index is 1.92. The molecule has 3 nitrogen and oxygen atoms in total. The highest BCUT2D eigenvalue weighted by Gasteiger charge is 2.32. The smallest absolute Gasteiger partial charge is 0.0547 e. The van der Waals surface area contributed by atoms with Gasteiger partial charge in [-0.25, -0.2) is 0 Å². The van der Waals surface area contributed by atoms with Crippen LogP contribution in [0.1, 0.15) is 38.1 Å². The zero-order valence-corrected chi connectivity index (χ0v) is 13.3. The Hall–Kier alpha value is -0.930. The fourth-order valence-corrected chi connectivity index (χ4v) is 3.67.